The third-order valence-corrected chi connectivity index (χ3v) is 7.75. The molecule has 178 valence electrons. The minimum Gasteiger partial charge on any atom is -0.402 e. The van der Waals surface area contributed by atoms with Gasteiger partial charge in [-0.15, -0.1) is 0 Å². The fourth-order valence-electron chi connectivity index (χ4n) is 4.54. The zero-order chi connectivity index (χ0) is 23.7. The molecule has 10 heteroatoms. The summed E-state index contributed by atoms with van der Waals surface area (Å²) in [7, 11) is 0. The van der Waals surface area contributed by atoms with Crippen LogP contribution in [0.25, 0.3) is 10.9 Å². The van der Waals surface area contributed by atoms with E-state index in [9.17, 15) is 5.26 Å². The first-order valence-electron chi connectivity index (χ1n) is 11.6. The molecule has 3 aliphatic rings. The van der Waals surface area contributed by atoms with Crippen molar-refractivity contribution in [3.63, 3.8) is 0 Å². The normalized spacial score (nSPS) is 21.8. The predicted molar refractivity (Wildman–Crippen MR) is 133 cm³/mol. The number of H-pyrrole nitrogens is 1. The van der Waals surface area contributed by atoms with Gasteiger partial charge in [-0.1, -0.05) is 28.2 Å². The van der Waals surface area contributed by atoms with E-state index in [1.54, 1.807) is 0 Å². The van der Waals surface area contributed by atoms with E-state index in [1.807, 2.05) is 12.3 Å². The number of fused-ring (bicyclic) bond motifs is 1. The number of halogens is 2. The predicted octanol–water partition coefficient (Wildman–Crippen LogP) is 3.43. The Labute approximate surface area is 208 Å². The lowest BCUT2D eigenvalue weighted by molar-refractivity contribution is -0.362. The van der Waals surface area contributed by atoms with E-state index in [0.29, 0.717) is 30.1 Å². The number of piperidine rings is 1. The fourth-order valence-corrected chi connectivity index (χ4v) is 5.04. The van der Waals surface area contributed by atoms with Crippen molar-refractivity contribution in [3.05, 3.63) is 40.8 Å². The van der Waals surface area contributed by atoms with Gasteiger partial charge >= 0.3 is 5.95 Å². The molecule has 3 fully saturated rings. The van der Waals surface area contributed by atoms with Crippen LogP contribution in [-0.2, 0) is 4.74 Å². The molecule has 0 bridgehead atoms. The third-order valence-electron chi connectivity index (χ3n) is 7.10. The first-order chi connectivity index (χ1) is 16.5. The van der Waals surface area contributed by atoms with Gasteiger partial charge in [0.25, 0.3) is 0 Å². The molecule has 5 rings (SSSR count). The van der Waals surface area contributed by atoms with Crippen LogP contribution in [0.5, 0.6) is 0 Å². The van der Waals surface area contributed by atoms with Crippen LogP contribution in [0.15, 0.2) is 35.2 Å². The number of hydrogen-bond acceptors (Lipinski definition) is 7. The molecule has 2 saturated heterocycles. The molecule has 3 heterocycles. The molecule has 0 unspecified atom stereocenters. The molecule has 0 spiro atoms. The molecule has 2 aromatic rings. The first-order valence-corrected chi connectivity index (χ1v) is 12.4. The van der Waals surface area contributed by atoms with Crippen LogP contribution in [0.1, 0.15) is 37.2 Å². The van der Waals surface area contributed by atoms with Crippen LogP contribution in [-0.4, -0.2) is 53.9 Å². The molecule has 4 N–H and O–H groups in total. The Morgan fingerprint density at radius 1 is 1.38 bits per heavy atom. The summed E-state index contributed by atoms with van der Waals surface area (Å²) in [5, 5.41) is 14.3. The van der Waals surface area contributed by atoms with Gasteiger partial charge in [-0.05, 0) is 62.4 Å². The summed E-state index contributed by atoms with van der Waals surface area (Å²) in [4.78, 5) is 14.7. The maximum atomic E-state index is 9.24. The third kappa shape index (κ3) is 4.84. The van der Waals surface area contributed by atoms with Gasteiger partial charge in [0.05, 0.1) is 43.5 Å². The number of benzene rings is 1. The minimum atomic E-state index is -0.370. The number of likely N-dealkylation sites (tertiary alicyclic amines) is 1. The molecule has 0 radical (unpaired) electrons. The van der Waals surface area contributed by atoms with Crippen molar-refractivity contribution < 1.29 is 9.72 Å². The smallest absolute Gasteiger partial charge is 0.394 e. The van der Waals surface area contributed by atoms with Gasteiger partial charge in [-0.2, -0.15) is 5.26 Å². The van der Waals surface area contributed by atoms with Crippen LogP contribution in [0.3, 0.4) is 0 Å². The monoisotopic (exact) mass is 500 g/mol. The summed E-state index contributed by atoms with van der Waals surface area (Å²) in [5.41, 5.74) is 7.82. The molecule has 34 heavy (non-hydrogen) atoms. The Bertz CT molecular complexity index is 1180. The lowest BCUT2D eigenvalue weighted by atomic mass is 9.88. The molecule has 2 aliphatic heterocycles. The number of allylic oxidation sites excluding steroid dienone is 1. The highest BCUT2D eigenvalue weighted by atomic mass is 35.5. The van der Waals surface area contributed by atoms with Crippen molar-refractivity contribution in [2.45, 2.75) is 37.6 Å². The average Bonchev–Trinajstić information content (AvgIpc) is 3.61. The molecule has 8 nitrogen and oxygen atoms in total. The van der Waals surface area contributed by atoms with Crippen LogP contribution in [0.2, 0.25) is 5.02 Å². The highest BCUT2D eigenvalue weighted by Crippen LogP contribution is 2.45. The van der Waals surface area contributed by atoms with E-state index in [-0.39, 0.29) is 10.6 Å². The first kappa shape index (κ1) is 23.3. The highest BCUT2D eigenvalue weighted by molar-refractivity contribution is 6.69. The second-order valence-corrected chi connectivity index (χ2v) is 10.2. The molecule has 0 amide bonds. The molecular weight excluding hydrogens is 473 g/mol. The van der Waals surface area contributed by atoms with Crippen LogP contribution in [0.4, 0.5) is 5.95 Å². The van der Waals surface area contributed by atoms with E-state index in [1.165, 1.54) is 6.20 Å². The van der Waals surface area contributed by atoms with Gasteiger partial charge in [-0.25, -0.2) is 10.3 Å². The second-order valence-electron chi connectivity index (χ2n) is 9.39. The number of aromatic amines is 1. The number of anilines is 1. The van der Waals surface area contributed by atoms with Gasteiger partial charge in [0.1, 0.15) is 0 Å². The van der Waals surface area contributed by atoms with E-state index >= 15 is 0 Å². The van der Waals surface area contributed by atoms with E-state index in [4.69, 9.17) is 38.7 Å². The van der Waals surface area contributed by atoms with Gasteiger partial charge in [-0.3, -0.25) is 9.89 Å². The second kappa shape index (κ2) is 9.67. The van der Waals surface area contributed by atoms with Gasteiger partial charge in [0.2, 0.25) is 0 Å². The molecule has 0 atom stereocenters. The molecule has 1 aliphatic carbocycles. The number of nitrogens with two attached hydrogens (primary N) is 1. The summed E-state index contributed by atoms with van der Waals surface area (Å²) in [6.45, 7) is 4.19. The zero-order valence-corrected chi connectivity index (χ0v) is 20.4. The number of aliphatic imine (C=N–C) groups is 1. The number of ether oxygens (including phenoxy) is 1. The summed E-state index contributed by atoms with van der Waals surface area (Å²) >= 11 is 13.0. The van der Waals surface area contributed by atoms with Crippen LogP contribution in [0, 0.1) is 16.7 Å². The molecule has 1 aromatic carbocycles. The lowest BCUT2D eigenvalue weighted by Gasteiger charge is -2.41. The Balaban J connectivity index is 1.31. The number of aromatic nitrogens is 2. The zero-order valence-electron chi connectivity index (χ0n) is 18.9. The van der Waals surface area contributed by atoms with Gasteiger partial charge in [0, 0.05) is 16.6 Å². The van der Waals surface area contributed by atoms with Gasteiger partial charge in [0.15, 0.2) is 16.4 Å². The number of hydrogen-bond donors (Lipinski definition) is 2. The standard InChI is InChI=1S/C24H27Cl2N7O/c25-19-7-16-10-29-23(32-21(9-27)22(26)30-14-24(13-28)3-4-24)31-20(16)8-18(19)15-1-5-33(6-2-15)17-11-34-12-17/h7-10,15,17H,1-6,11-12,14,27H2,(H,29,31,32)/p+1/b21-9+,30-22?. The van der Waals surface area contributed by atoms with Crippen LogP contribution < -0.4 is 16.0 Å². The minimum absolute atomic E-state index is 0.222. The van der Waals surface area contributed by atoms with E-state index in [0.717, 1.165) is 73.5 Å². The molecular formula is C24H28Cl2N7O+. The summed E-state index contributed by atoms with van der Waals surface area (Å²) in [6, 6.07) is 6.95. The topological polar surface area (TPSA) is 114 Å². The maximum absolute atomic E-state index is 9.24. The number of nitrogens with one attached hydrogen (secondary N) is 2. The number of nitrogens with zero attached hydrogens (tertiary/aromatic N) is 4. The Kier molecular flexibility index (Phi) is 6.63. The van der Waals surface area contributed by atoms with E-state index < -0.39 is 0 Å². The van der Waals surface area contributed by atoms with Crippen molar-refractivity contribution in [1.82, 2.24) is 9.88 Å². The van der Waals surface area contributed by atoms with Crippen molar-refractivity contribution in [3.8, 4) is 6.07 Å². The molecule has 1 aromatic heterocycles. The SMILES string of the molecule is N#CC1(CN=C(Cl)/C(=C\N)Nc2nc3cc(C4CCN(C5COC5)CC4)c(Cl)cc3c[nH+]2)CC1. The highest BCUT2D eigenvalue weighted by Gasteiger charge is 2.43. The largest absolute Gasteiger partial charge is 0.402 e. The maximum Gasteiger partial charge on any atom is 0.394 e. The Hall–Kier alpha value is -2.44. The number of nitriles is 1. The summed E-state index contributed by atoms with van der Waals surface area (Å²) < 4.78 is 5.34. The average molecular weight is 501 g/mol. The summed E-state index contributed by atoms with van der Waals surface area (Å²) in [5.74, 6) is 0.902. The quantitative estimate of drug-likeness (QED) is 0.562. The van der Waals surface area contributed by atoms with Crippen molar-refractivity contribution >= 4 is 45.2 Å². The Morgan fingerprint density at radius 3 is 2.76 bits per heavy atom. The van der Waals surface area contributed by atoms with Gasteiger partial charge < -0.3 is 10.5 Å². The lowest BCUT2D eigenvalue weighted by Crippen LogP contribution is -2.51. The van der Waals surface area contributed by atoms with Crippen molar-refractivity contribution in [2.24, 2.45) is 16.1 Å². The van der Waals surface area contributed by atoms with Crippen molar-refractivity contribution in [2.75, 3.05) is 38.2 Å². The summed E-state index contributed by atoms with van der Waals surface area (Å²) in [6.07, 6.45) is 7.06. The van der Waals surface area contributed by atoms with Crippen molar-refractivity contribution in [1.29, 1.82) is 5.26 Å². The van der Waals surface area contributed by atoms with E-state index in [2.05, 4.69) is 32.3 Å². The fraction of sp³-hybridized carbons (Fsp3) is 0.500. The molecule has 1 saturated carbocycles. The van der Waals surface area contributed by atoms with Crippen LogP contribution >= 0.6 is 23.2 Å². The Morgan fingerprint density at radius 2 is 2.15 bits per heavy atom. The number of rotatable bonds is 7.